The van der Waals surface area contributed by atoms with Crippen LogP contribution >= 0.6 is 0 Å². The molecule has 0 aliphatic carbocycles. The number of nitro benzene ring substituents is 1. The summed E-state index contributed by atoms with van der Waals surface area (Å²) in [6.45, 7) is 0.0283. The molecule has 0 amide bonds. The highest BCUT2D eigenvalue weighted by molar-refractivity contribution is 5.91. The van der Waals surface area contributed by atoms with Gasteiger partial charge in [0.1, 0.15) is 12.4 Å². The van der Waals surface area contributed by atoms with Crippen molar-refractivity contribution < 1.29 is 14.8 Å². The molecule has 2 rings (SSSR count). The van der Waals surface area contributed by atoms with Gasteiger partial charge in [-0.2, -0.15) is 0 Å². The van der Waals surface area contributed by atoms with Gasteiger partial charge in [0, 0.05) is 17.6 Å². The van der Waals surface area contributed by atoms with Crippen molar-refractivity contribution in [3.05, 3.63) is 40.6 Å². The summed E-state index contributed by atoms with van der Waals surface area (Å²) in [6, 6.07) is 6.24. The molecule has 2 aromatic rings. The van der Waals surface area contributed by atoms with Gasteiger partial charge in [0.25, 0.3) is 5.69 Å². The average molecular weight is 234 g/mol. The van der Waals surface area contributed by atoms with E-state index in [-0.39, 0.29) is 24.4 Å². The summed E-state index contributed by atoms with van der Waals surface area (Å²) in [4.78, 5) is 14.3. The number of pyridine rings is 1. The molecule has 6 heteroatoms. The van der Waals surface area contributed by atoms with Crippen LogP contribution < -0.4 is 4.74 Å². The number of benzene rings is 1. The molecule has 0 spiro atoms. The van der Waals surface area contributed by atoms with Crippen molar-refractivity contribution in [1.29, 1.82) is 0 Å². The second-order valence-corrected chi connectivity index (χ2v) is 3.31. The number of aliphatic hydroxyl groups is 1. The topological polar surface area (TPSA) is 85.5 Å². The standard InChI is InChI=1S/C11H10N2O4/c14-6-7-17-10-4-3-9(13(15)16)11-8(10)2-1-5-12-11/h1-5,14H,6-7H2. The SMILES string of the molecule is O=[N+]([O-])c1ccc(OCCO)c2cccnc12. The monoisotopic (exact) mass is 234 g/mol. The fourth-order valence-electron chi connectivity index (χ4n) is 1.56. The van der Waals surface area contributed by atoms with Crippen molar-refractivity contribution in [3.63, 3.8) is 0 Å². The smallest absolute Gasteiger partial charge is 0.295 e. The van der Waals surface area contributed by atoms with Gasteiger partial charge in [-0.05, 0) is 18.2 Å². The van der Waals surface area contributed by atoms with E-state index in [0.717, 1.165) is 0 Å². The minimum atomic E-state index is -0.481. The average Bonchev–Trinajstić information content (AvgIpc) is 2.35. The van der Waals surface area contributed by atoms with E-state index in [0.29, 0.717) is 11.1 Å². The largest absolute Gasteiger partial charge is 0.490 e. The van der Waals surface area contributed by atoms with E-state index < -0.39 is 4.92 Å². The Balaban J connectivity index is 2.58. The molecule has 1 aromatic carbocycles. The van der Waals surface area contributed by atoms with Gasteiger partial charge in [0.15, 0.2) is 5.52 Å². The summed E-state index contributed by atoms with van der Waals surface area (Å²) < 4.78 is 5.29. The number of nitrogens with zero attached hydrogens (tertiary/aromatic N) is 2. The Labute approximate surface area is 96.6 Å². The molecule has 6 nitrogen and oxygen atoms in total. The van der Waals surface area contributed by atoms with E-state index >= 15 is 0 Å². The highest BCUT2D eigenvalue weighted by Crippen LogP contribution is 2.30. The number of rotatable bonds is 4. The molecule has 88 valence electrons. The quantitative estimate of drug-likeness (QED) is 0.640. The van der Waals surface area contributed by atoms with Crippen LogP contribution in [0.4, 0.5) is 5.69 Å². The number of hydrogen-bond donors (Lipinski definition) is 1. The van der Waals surface area contributed by atoms with Crippen LogP contribution in [0.5, 0.6) is 5.75 Å². The molecule has 0 fully saturated rings. The molecule has 0 aliphatic heterocycles. The summed E-state index contributed by atoms with van der Waals surface area (Å²) in [7, 11) is 0. The number of fused-ring (bicyclic) bond motifs is 1. The van der Waals surface area contributed by atoms with Crippen LogP contribution in [0, 0.1) is 10.1 Å². The van der Waals surface area contributed by atoms with Crippen molar-refractivity contribution in [2.75, 3.05) is 13.2 Å². The van der Waals surface area contributed by atoms with Gasteiger partial charge in [-0.25, -0.2) is 4.98 Å². The maximum Gasteiger partial charge on any atom is 0.295 e. The molecule has 1 N–H and O–H groups in total. The summed E-state index contributed by atoms with van der Waals surface area (Å²) in [5, 5.41) is 20.1. The Bertz CT molecular complexity index is 556. The zero-order valence-corrected chi connectivity index (χ0v) is 8.87. The minimum absolute atomic E-state index is 0.0584. The van der Waals surface area contributed by atoms with E-state index in [1.807, 2.05) is 0 Å². The molecule has 0 saturated carbocycles. The first-order chi connectivity index (χ1) is 8.24. The van der Waals surface area contributed by atoms with E-state index in [1.165, 1.54) is 18.3 Å². The van der Waals surface area contributed by atoms with Crippen molar-refractivity contribution in [2.24, 2.45) is 0 Å². The van der Waals surface area contributed by atoms with Crippen LogP contribution in [0.3, 0.4) is 0 Å². The number of nitro groups is 1. The molecule has 17 heavy (non-hydrogen) atoms. The van der Waals surface area contributed by atoms with Gasteiger partial charge in [0.05, 0.1) is 11.5 Å². The third-order valence-electron chi connectivity index (χ3n) is 2.25. The Kier molecular flexibility index (Phi) is 3.15. The van der Waals surface area contributed by atoms with E-state index in [9.17, 15) is 10.1 Å². The number of hydrogen-bond acceptors (Lipinski definition) is 5. The molecule has 1 aromatic heterocycles. The zero-order chi connectivity index (χ0) is 12.3. The minimum Gasteiger partial charge on any atom is -0.490 e. The molecule has 1 heterocycles. The second-order valence-electron chi connectivity index (χ2n) is 3.31. The molecule has 0 atom stereocenters. The maximum absolute atomic E-state index is 10.8. The van der Waals surface area contributed by atoms with E-state index in [1.54, 1.807) is 12.1 Å². The van der Waals surface area contributed by atoms with Crippen molar-refractivity contribution in [2.45, 2.75) is 0 Å². The lowest BCUT2D eigenvalue weighted by Crippen LogP contribution is -2.02. The predicted octanol–water partition coefficient (Wildman–Crippen LogP) is 1.51. The molecular weight excluding hydrogens is 224 g/mol. The fourth-order valence-corrected chi connectivity index (χ4v) is 1.56. The summed E-state index contributed by atoms with van der Waals surface area (Å²) in [6.07, 6.45) is 1.49. The number of non-ortho nitro benzene ring substituents is 1. The van der Waals surface area contributed by atoms with Gasteiger partial charge >= 0.3 is 0 Å². The predicted molar refractivity (Wildman–Crippen MR) is 61.0 cm³/mol. The van der Waals surface area contributed by atoms with Gasteiger partial charge in [-0.15, -0.1) is 0 Å². The van der Waals surface area contributed by atoms with Crippen molar-refractivity contribution in [1.82, 2.24) is 4.98 Å². The number of aliphatic hydroxyl groups excluding tert-OH is 1. The lowest BCUT2D eigenvalue weighted by Gasteiger charge is -2.07. The van der Waals surface area contributed by atoms with Gasteiger partial charge in [0.2, 0.25) is 0 Å². The number of ether oxygens (including phenoxy) is 1. The zero-order valence-electron chi connectivity index (χ0n) is 8.87. The van der Waals surface area contributed by atoms with Crippen LogP contribution in [0.25, 0.3) is 10.9 Å². The summed E-state index contributed by atoms with van der Waals surface area (Å²) in [5.41, 5.74) is 0.227. The summed E-state index contributed by atoms with van der Waals surface area (Å²) >= 11 is 0. The molecule has 0 radical (unpaired) electrons. The van der Waals surface area contributed by atoms with Gasteiger partial charge in [-0.1, -0.05) is 0 Å². The van der Waals surface area contributed by atoms with Gasteiger partial charge < -0.3 is 9.84 Å². The second kappa shape index (κ2) is 4.75. The highest BCUT2D eigenvalue weighted by Gasteiger charge is 2.15. The lowest BCUT2D eigenvalue weighted by atomic mass is 10.2. The third kappa shape index (κ3) is 2.16. The Morgan fingerprint density at radius 3 is 2.94 bits per heavy atom. The normalized spacial score (nSPS) is 10.4. The Morgan fingerprint density at radius 1 is 1.41 bits per heavy atom. The van der Waals surface area contributed by atoms with Crippen molar-refractivity contribution >= 4 is 16.6 Å². The van der Waals surface area contributed by atoms with Crippen LogP contribution in [-0.2, 0) is 0 Å². The van der Waals surface area contributed by atoms with Crippen LogP contribution in [0.15, 0.2) is 30.5 Å². The molecule has 0 bridgehead atoms. The number of aromatic nitrogens is 1. The van der Waals surface area contributed by atoms with E-state index in [4.69, 9.17) is 9.84 Å². The Morgan fingerprint density at radius 2 is 2.24 bits per heavy atom. The molecule has 0 saturated heterocycles. The first kappa shape index (κ1) is 11.3. The Hall–Kier alpha value is -2.21. The third-order valence-corrected chi connectivity index (χ3v) is 2.25. The van der Waals surface area contributed by atoms with Gasteiger partial charge in [-0.3, -0.25) is 10.1 Å². The van der Waals surface area contributed by atoms with Crippen molar-refractivity contribution in [3.8, 4) is 5.75 Å². The lowest BCUT2D eigenvalue weighted by molar-refractivity contribution is -0.383. The van der Waals surface area contributed by atoms with Crippen LogP contribution in [-0.4, -0.2) is 28.2 Å². The molecule has 0 unspecified atom stereocenters. The summed E-state index contributed by atoms with van der Waals surface area (Å²) in [5.74, 6) is 0.479. The highest BCUT2D eigenvalue weighted by atomic mass is 16.6. The first-order valence-corrected chi connectivity index (χ1v) is 5.00. The molecule has 0 aliphatic rings. The fraction of sp³-hybridized carbons (Fsp3) is 0.182. The van der Waals surface area contributed by atoms with E-state index in [2.05, 4.69) is 4.98 Å². The maximum atomic E-state index is 10.8. The molecular formula is C11H10N2O4. The van der Waals surface area contributed by atoms with Crippen LogP contribution in [0.1, 0.15) is 0 Å². The first-order valence-electron chi connectivity index (χ1n) is 5.00. The van der Waals surface area contributed by atoms with Crippen LogP contribution in [0.2, 0.25) is 0 Å².